The molecule has 2 fully saturated rings. The summed E-state index contributed by atoms with van der Waals surface area (Å²) in [6, 6.07) is 7.49. The first-order valence-electron chi connectivity index (χ1n) is 10.1. The first-order valence-corrected chi connectivity index (χ1v) is 11.2. The van der Waals surface area contributed by atoms with Gasteiger partial charge in [-0.15, -0.1) is 11.8 Å². The van der Waals surface area contributed by atoms with Crippen LogP contribution in [-0.4, -0.2) is 68.9 Å². The van der Waals surface area contributed by atoms with Gasteiger partial charge in [-0.05, 0) is 33.3 Å². The first kappa shape index (κ1) is 23.8. The third-order valence-corrected chi connectivity index (χ3v) is 7.03. The summed E-state index contributed by atoms with van der Waals surface area (Å²) in [6.07, 6.45) is 0. The minimum atomic E-state index is -1.66. The lowest BCUT2D eigenvalue weighted by Crippen LogP contribution is -2.74. The number of β-lactam (4-membered cyclic amide) rings is 1. The lowest BCUT2D eigenvalue weighted by atomic mass is 9.83. The number of carbonyl (C=O) groups excluding carboxylic acids is 4. The van der Waals surface area contributed by atoms with Crippen molar-refractivity contribution in [2.24, 2.45) is 5.41 Å². The number of carboxylic acid groups (broad SMARTS) is 1. The van der Waals surface area contributed by atoms with Gasteiger partial charge in [-0.2, -0.15) is 0 Å². The molecule has 2 N–H and O–H groups in total. The van der Waals surface area contributed by atoms with Gasteiger partial charge < -0.3 is 20.1 Å². The fraction of sp³-hybridized carbons (Fsp3) is 0.500. The van der Waals surface area contributed by atoms with Gasteiger partial charge in [0.25, 0.3) is 0 Å². The second-order valence-corrected chi connectivity index (χ2v) is 10.1. The maximum atomic E-state index is 13.1. The largest absolute Gasteiger partial charge is 0.480 e. The fourth-order valence-corrected chi connectivity index (χ4v) is 5.31. The molecule has 0 aromatic heterocycles. The SMILES string of the molecule is CC(=O)C1(C(=O)O)CS[C@@H]2C(NC(=O)C(C(=O)OC(C)(C)C)c3ccccc3)C(=O)N2C1. The number of hydrogen-bond donors (Lipinski definition) is 2. The fourth-order valence-electron chi connectivity index (χ4n) is 3.71. The number of fused-ring (bicyclic) bond motifs is 1. The number of thioether (sulfide) groups is 1. The summed E-state index contributed by atoms with van der Waals surface area (Å²) in [5.41, 5.74) is -2.03. The van der Waals surface area contributed by atoms with Gasteiger partial charge in [-0.3, -0.25) is 24.0 Å². The molecule has 0 aliphatic carbocycles. The number of hydrogen-bond acceptors (Lipinski definition) is 7. The van der Waals surface area contributed by atoms with Gasteiger partial charge in [0, 0.05) is 12.3 Å². The Labute approximate surface area is 189 Å². The van der Waals surface area contributed by atoms with Crippen molar-refractivity contribution < 1.29 is 33.8 Å². The van der Waals surface area contributed by atoms with Crippen molar-refractivity contribution in [2.75, 3.05) is 12.3 Å². The van der Waals surface area contributed by atoms with Gasteiger partial charge in [0.15, 0.2) is 11.3 Å². The van der Waals surface area contributed by atoms with Crippen molar-refractivity contribution in [1.29, 1.82) is 0 Å². The zero-order valence-electron chi connectivity index (χ0n) is 18.3. The summed E-state index contributed by atoms with van der Waals surface area (Å²) < 4.78 is 5.42. The Hall–Kier alpha value is -2.88. The predicted octanol–water partition coefficient (Wildman–Crippen LogP) is 1.17. The van der Waals surface area contributed by atoms with Crippen molar-refractivity contribution in [1.82, 2.24) is 10.2 Å². The molecule has 2 aliphatic rings. The van der Waals surface area contributed by atoms with E-state index < -0.39 is 57.9 Å². The third-order valence-electron chi connectivity index (χ3n) is 5.50. The first-order chi connectivity index (χ1) is 14.9. The van der Waals surface area contributed by atoms with E-state index in [9.17, 15) is 29.1 Å². The minimum absolute atomic E-state index is 0.00728. The summed E-state index contributed by atoms with van der Waals surface area (Å²) >= 11 is 1.13. The molecule has 3 unspecified atom stereocenters. The molecule has 32 heavy (non-hydrogen) atoms. The van der Waals surface area contributed by atoms with E-state index in [4.69, 9.17) is 4.74 Å². The predicted molar refractivity (Wildman–Crippen MR) is 116 cm³/mol. The highest BCUT2D eigenvalue weighted by molar-refractivity contribution is 8.00. The second-order valence-electron chi connectivity index (χ2n) is 8.97. The lowest BCUT2D eigenvalue weighted by Gasteiger charge is -2.53. The number of ether oxygens (including phenoxy) is 1. The maximum absolute atomic E-state index is 13.1. The molecule has 0 spiro atoms. The molecule has 10 heteroatoms. The number of carboxylic acids is 1. The van der Waals surface area contributed by atoms with Gasteiger partial charge in [0.2, 0.25) is 11.8 Å². The van der Waals surface area contributed by atoms with E-state index in [1.807, 2.05) is 0 Å². The molecule has 2 aliphatic heterocycles. The molecule has 0 bridgehead atoms. The van der Waals surface area contributed by atoms with Crippen LogP contribution in [0.25, 0.3) is 0 Å². The Bertz CT molecular complexity index is 943. The van der Waals surface area contributed by atoms with E-state index >= 15 is 0 Å². The van der Waals surface area contributed by atoms with Crippen molar-refractivity contribution >= 4 is 41.3 Å². The lowest BCUT2D eigenvalue weighted by molar-refractivity contribution is -0.165. The summed E-state index contributed by atoms with van der Waals surface area (Å²) in [4.78, 5) is 63.6. The van der Waals surface area contributed by atoms with Gasteiger partial charge in [0.05, 0.1) is 0 Å². The Balaban J connectivity index is 1.77. The Morgan fingerprint density at radius 1 is 1.22 bits per heavy atom. The molecule has 1 aromatic rings. The van der Waals surface area contributed by atoms with Crippen LogP contribution in [0, 0.1) is 5.41 Å². The highest BCUT2D eigenvalue weighted by Gasteiger charge is 2.59. The molecule has 2 saturated heterocycles. The smallest absolute Gasteiger partial charge is 0.323 e. The van der Waals surface area contributed by atoms with Gasteiger partial charge in [-0.25, -0.2) is 0 Å². The number of carbonyl (C=O) groups is 5. The molecule has 3 rings (SSSR count). The summed E-state index contributed by atoms with van der Waals surface area (Å²) in [6.45, 7) is 6.04. The van der Waals surface area contributed by atoms with Crippen LogP contribution >= 0.6 is 11.8 Å². The minimum Gasteiger partial charge on any atom is -0.480 e. The number of aliphatic carboxylic acids is 1. The monoisotopic (exact) mass is 462 g/mol. The van der Waals surface area contributed by atoms with Crippen molar-refractivity contribution in [3.8, 4) is 0 Å². The molecule has 0 radical (unpaired) electrons. The van der Waals surface area contributed by atoms with E-state index in [1.165, 1.54) is 11.8 Å². The van der Waals surface area contributed by atoms with Crippen LogP contribution in [0.4, 0.5) is 0 Å². The molecule has 2 heterocycles. The van der Waals surface area contributed by atoms with Crippen LogP contribution in [0.15, 0.2) is 30.3 Å². The van der Waals surface area contributed by atoms with Crippen LogP contribution in [0.1, 0.15) is 39.2 Å². The molecule has 1 aromatic carbocycles. The van der Waals surface area contributed by atoms with Crippen LogP contribution in [-0.2, 0) is 28.7 Å². The molecule has 172 valence electrons. The highest BCUT2D eigenvalue weighted by atomic mass is 32.2. The van der Waals surface area contributed by atoms with Crippen LogP contribution < -0.4 is 5.32 Å². The molecule has 9 nitrogen and oxygen atoms in total. The molecule has 4 atom stereocenters. The number of nitrogens with zero attached hydrogens (tertiary/aromatic N) is 1. The zero-order chi connectivity index (χ0) is 23.8. The van der Waals surface area contributed by atoms with Crippen molar-refractivity contribution in [3.05, 3.63) is 35.9 Å². The van der Waals surface area contributed by atoms with E-state index in [1.54, 1.807) is 51.1 Å². The number of Topliss-reactive ketones (excluding diaryl/α,β-unsaturated/α-hetero) is 1. The number of ketones is 1. The Kier molecular flexibility index (Phi) is 6.37. The Morgan fingerprint density at radius 3 is 2.38 bits per heavy atom. The quantitative estimate of drug-likeness (QED) is 0.366. The molecular weight excluding hydrogens is 436 g/mol. The second kappa shape index (κ2) is 8.57. The van der Waals surface area contributed by atoms with Gasteiger partial charge in [-0.1, -0.05) is 30.3 Å². The molecular formula is C22H26N2O7S. The van der Waals surface area contributed by atoms with Gasteiger partial charge >= 0.3 is 11.9 Å². The number of amides is 2. The zero-order valence-corrected chi connectivity index (χ0v) is 19.1. The van der Waals surface area contributed by atoms with E-state index in [-0.39, 0.29) is 12.3 Å². The average Bonchev–Trinajstić information content (AvgIpc) is 2.70. The average molecular weight is 463 g/mol. The molecule has 0 saturated carbocycles. The number of nitrogens with one attached hydrogen (secondary N) is 1. The van der Waals surface area contributed by atoms with Gasteiger partial charge in [0.1, 0.15) is 22.8 Å². The number of benzene rings is 1. The molecule has 2 amide bonds. The van der Waals surface area contributed by atoms with E-state index in [2.05, 4.69) is 5.32 Å². The third kappa shape index (κ3) is 4.36. The van der Waals surface area contributed by atoms with E-state index in [0.29, 0.717) is 5.56 Å². The number of rotatable bonds is 6. The van der Waals surface area contributed by atoms with Crippen molar-refractivity contribution in [3.63, 3.8) is 0 Å². The maximum Gasteiger partial charge on any atom is 0.323 e. The summed E-state index contributed by atoms with van der Waals surface area (Å²) in [5, 5.41) is 11.7. The number of esters is 1. The summed E-state index contributed by atoms with van der Waals surface area (Å²) in [5.74, 6) is -4.96. The van der Waals surface area contributed by atoms with Crippen LogP contribution in [0.5, 0.6) is 0 Å². The highest BCUT2D eigenvalue weighted by Crippen LogP contribution is 2.42. The summed E-state index contributed by atoms with van der Waals surface area (Å²) in [7, 11) is 0. The van der Waals surface area contributed by atoms with E-state index in [0.717, 1.165) is 11.8 Å². The van der Waals surface area contributed by atoms with Crippen molar-refractivity contribution in [2.45, 2.75) is 50.6 Å². The normalized spacial score (nSPS) is 25.8. The topological polar surface area (TPSA) is 130 Å². The standard InChI is InChI=1S/C22H26N2O7S/c1-12(25)22(20(29)30)10-24-17(27)15(18(24)32-11-22)23-16(26)14(13-8-6-5-7-9-13)19(28)31-21(2,3)4/h5-9,14-15,18H,10-11H2,1-4H3,(H,23,26)(H,29,30)/t14?,15?,18-,22?/m1/s1. The van der Waals surface area contributed by atoms with Crippen LogP contribution in [0.3, 0.4) is 0 Å². The Morgan fingerprint density at radius 2 is 1.84 bits per heavy atom. The van der Waals surface area contributed by atoms with Crippen LogP contribution in [0.2, 0.25) is 0 Å².